The fourth-order valence-corrected chi connectivity index (χ4v) is 1.00. The minimum Gasteiger partial charge on any atom is -0.480 e. The lowest BCUT2D eigenvalue weighted by Crippen LogP contribution is -2.00. The van der Waals surface area contributed by atoms with Gasteiger partial charge in [-0.05, 0) is 0 Å². The van der Waals surface area contributed by atoms with Gasteiger partial charge in [-0.15, -0.1) is 5.10 Å². The van der Waals surface area contributed by atoms with Crippen molar-refractivity contribution in [2.24, 2.45) is 0 Å². The van der Waals surface area contributed by atoms with Gasteiger partial charge in [-0.1, -0.05) is 0 Å². The molecule has 0 saturated heterocycles. The summed E-state index contributed by atoms with van der Waals surface area (Å²) in [6.07, 6.45) is 0.928. The van der Waals surface area contributed by atoms with Gasteiger partial charge < -0.3 is 4.74 Å². The van der Waals surface area contributed by atoms with Gasteiger partial charge in [0.15, 0.2) is 0 Å². The molecule has 0 amide bonds. The van der Waals surface area contributed by atoms with Crippen molar-refractivity contribution in [1.82, 2.24) is 10.2 Å². The van der Waals surface area contributed by atoms with Crippen LogP contribution in [0.1, 0.15) is 0 Å². The molecule has 0 bridgehead atoms. The standard InChI is InChI=1S/C5H6N2O4S/c1-11-5-2-4(3-6-7-5)12(8,9)10/h2-3H,1H3,(H,8,9,10). The van der Waals surface area contributed by atoms with E-state index in [0.29, 0.717) is 0 Å². The predicted octanol–water partition coefficient (Wildman–Crippen LogP) is -0.268. The monoisotopic (exact) mass is 190 g/mol. The van der Waals surface area contributed by atoms with E-state index < -0.39 is 10.1 Å². The SMILES string of the molecule is COc1cc(S(=O)(=O)O)cnn1. The molecule has 0 atom stereocenters. The van der Waals surface area contributed by atoms with Crippen molar-refractivity contribution in [3.63, 3.8) is 0 Å². The first-order valence-electron chi connectivity index (χ1n) is 2.88. The Hall–Kier alpha value is -1.21. The number of hydrogen-bond acceptors (Lipinski definition) is 5. The first kappa shape index (κ1) is 8.88. The van der Waals surface area contributed by atoms with Gasteiger partial charge in [-0.2, -0.15) is 13.5 Å². The van der Waals surface area contributed by atoms with Crippen LogP contribution in [0.5, 0.6) is 5.88 Å². The van der Waals surface area contributed by atoms with Crippen molar-refractivity contribution in [3.8, 4) is 5.88 Å². The molecule has 0 spiro atoms. The second kappa shape index (κ2) is 3.03. The minimum atomic E-state index is -4.22. The molecule has 0 saturated carbocycles. The second-order valence-electron chi connectivity index (χ2n) is 1.91. The largest absolute Gasteiger partial charge is 0.480 e. The molecule has 7 heteroatoms. The van der Waals surface area contributed by atoms with E-state index in [1.807, 2.05) is 0 Å². The molecular formula is C5H6N2O4S. The van der Waals surface area contributed by atoms with E-state index in [9.17, 15) is 8.42 Å². The molecule has 0 radical (unpaired) electrons. The zero-order chi connectivity index (χ0) is 9.19. The van der Waals surface area contributed by atoms with Gasteiger partial charge in [0, 0.05) is 6.07 Å². The zero-order valence-corrected chi connectivity index (χ0v) is 6.95. The lowest BCUT2D eigenvalue weighted by Gasteiger charge is -1.98. The predicted molar refractivity (Wildman–Crippen MR) is 38.4 cm³/mol. The molecular weight excluding hydrogens is 184 g/mol. The molecule has 1 rings (SSSR count). The number of aromatic nitrogens is 2. The summed E-state index contributed by atoms with van der Waals surface area (Å²) in [5.74, 6) is 0.0325. The van der Waals surface area contributed by atoms with Crippen LogP contribution in [0.2, 0.25) is 0 Å². The van der Waals surface area contributed by atoms with Crippen LogP contribution in [0.3, 0.4) is 0 Å². The lowest BCUT2D eigenvalue weighted by atomic mass is 10.6. The Morgan fingerprint density at radius 3 is 2.75 bits per heavy atom. The molecule has 0 aliphatic rings. The molecule has 0 aliphatic heterocycles. The van der Waals surface area contributed by atoms with E-state index in [1.165, 1.54) is 7.11 Å². The first-order chi connectivity index (χ1) is 5.54. The normalized spacial score (nSPS) is 11.2. The van der Waals surface area contributed by atoms with Gasteiger partial charge in [-0.3, -0.25) is 4.55 Å². The summed E-state index contributed by atoms with van der Waals surface area (Å²) in [4.78, 5) is -0.339. The maximum Gasteiger partial charge on any atom is 0.296 e. The fourth-order valence-electron chi connectivity index (χ4n) is 0.571. The Morgan fingerprint density at radius 2 is 2.25 bits per heavy atom. The number of methoxy groups -OCH3 is 1. The third-order valence-electron chi connectivity index (χ3n) is 1.11. The number of ether oxygens (including phenoxy) is 1. The van der Waals surface area contributed by atoms with Gasteiger partial charge >= 0.3 is 0 Å². The number of rotatable bonds is 2. The molecule has 66 valence electrons. The van der Waals surface area contributed by atoms with Crippen LogP contribution in [-0.2, 0) is 10.1 Å². The lowest BCUT2D eigenvalue weighted by molar-refractivity contribution is 0.389. The highest BCUT2D eigenvalue weighted by Gasteiger charge is 2.10. The quantitative estimate of drug-likeness (QED) is 0.646. The van der Waals surface area contributed by atoms with E-state index in [4.69, 9.17) is 4.55 Å². The summed E-state index contributed by atoms with van der Waals surface area (Å²) in [7, 11) is -2.90. The summed E-state index contributed by atoms with van der Waals surface area (Å²) in [6, 6.07) is 1.07. The van der Waals surface area contributed by atoms with Crippen molar-refractivity contribution >= 4 is 10.1 Å². The first-order valence-corrected chi connectivity index (χ1v) is 4.32. The second-order valence-corrected chi connectivity index (χ2v) is 3.33. The maximum atomic E-state index is 10.5. The van der Waals surface area contributed by atoms with Gasteiger partial charge in [0.1, 0.15) is 4.90 Å². The summed E-state index contributed by atoms with van der Waals surface area (Å²) < 4.78 is 34.2. The Labute approximate surface area is 68.9 Å². The van der Waals surface area contributed by atoms with E-state index in [1.54, 1.807) is 0 Å². The smallest absolute Gasteiger partial charge is 0.296 e. The molecule has 6 nitrogen and oxygen atoms in total. The van der Waals surface area contributed by atoms with E-state index >= 15 is 0 Å². The van der Waals surface area contributed by atoms with E-state index in [0.717, 1.165) is 12.3 Å². The van der Waals surface area contributed by atoms with Crippen molar-refractivity contribution in [2.75, 3.05) is 7.11 Å². The molecule has 1 aromatic rings. The summed E-state index contributed by atoms with van der Waals surface area (Å²) in [5.41, 5.74) is 0. The van der Waals surface area contributed by atoms with Crippen LogP contribution in [0.15, 0.2) is 17.2 Å². The minimum absolute atomic E-state index is 0.0325. The average molecular weight is 190 g/mol. The summed E-state index contributed by atoms with van der Waals surface area (Å²) in [5, 5.41) is 6.73. The molecule has 0 aromatic carbocycles. The third-order valence-corrected chi connectivity index (χ3v) is 1.93. The average Bonchev–Trinajstić information content (AvgIpc) is 2.03. The Morgan fingerprint density at radius 1 is 1.58 bits per heavy atom. The molecule has 0 aliphatic carbocycles. The summed E-state index contributed by atoms with van der Waals surface area (Å²) in [6.45, 7) is 0. The van der Waals surface area contributed by atoms with Crippen LogP contribution in [-0.4, -0.2) is 30.3 Å². The van der Waals surface area contributed by atoms with Crippen LogP contribution in [0, 0.1) is 0 Å². The van der Waals surface area contributed by atoms with Crippen LogP contribution in [0.4, 0.5) is 0 Å². The Balaban J connectivity index is 3.20. The highest BCUT2D eigenvalue weighted by molar-refractivity contribution is 7.85. The van der Waals surface area contributed by atoms with Crippen LogP contribution in [0.25, 0.3) is 0 Å². The van der Waals surface area contributed by atoms with Crippen molar-refractivity contribution < 1.29 is 17.7 Å². The molecule has 1 aromatic heterocycles. The summed E-state index contributed by atoms with van der Waals surface area (Å²) >= 11 is 0. The third kappa shape index (κ3) is 1.89. The maximum absolute atomic E-state index is 10.5. The molecule has 0 fully saturated rings. The Bertz CT molecular complexity index is 375. The van der Waals surface area contributed by atoms with Gasteiger partial charge in [0.05, 0.1) is 13.3 Å². The van der Waals surface area contributed by atoms with Crippen LogP contribution < -0.4 is 4.74 Å². The van der Waals surface area contributed by atoms with E-state index in [-0.39, 0.29) is 10.8 Å². The van der Waals surface area contributed by atoms with E-state index in [2.05, 4.69) is 14.9 Å². The molecule has 12 heavy (non-hydrogen) atoms. The highest BCUT2D eigenvalue weighted by atomic mass is 32.2. The highest BCUT2D eigenvalue weighted by Crippen LogP contribution is 2.11. The zero-order valence-electron chi connectivity index (χ0n) is 6.13. The fraction of sp³-hybridized carbons (Fsp3) is 0.200. The van der Waals surface area contributed by atoms with Gasteiger partial charge in [-0.25, -0.2) is 0 Å². The topological polar surface area (TPSA) is 89.4 Å². The molecule has 1 heterocycles. The molecule has 1 N–H and O–H groups in total. The number of hydrogen-bond donors (Lipinski definition) is 1. The van der Waals surface area contributed by atoms with Crippen molar-refractivity contribution in [2.45, 2.75) is 4.90 Å². The van der Waals surface area contributed by atoms with Crippen molar-refractivity contribution in [1.29, 1.82) is 0 Å². The molecule has 0 unspecified atom stereocenters. The number of nitrogens with zero attached hydrogens (tertiary/aromatic N) is 2. The van der Waals surface area contributed by atoms with Crippen molar-refractivity contribution in [3.05, 3.63) is 12.3 Å². The Kier molecular flexibility index (Phi) is 2.25. The van der Waals surface area contributed by atoms with Gasteiger partial charge in [0.2, 0.25) is 5.88 Å². The van der Waals surface area contributed by atoms with Gasteiger partial charge in [0.25, 0.3) is 10.1 Å². The van der Waals surface area contributed by atoms with Crippen LogP contribution >= 0.6 is 0 Å².